The lowest BCUT2D eigenvalue weighted by atomic mass is 9.96. The number of benzene rings is 1. The summed E-state index contributed by atoms with van der Waals surface area (Å²) < 4.78 is 5.29. The van der Waals surface area contributed by atoms with Crippen molar-refractivity contribution in [1.82, 2.24) is 0 Å². The van der Waals surface area contributed by atoms with Gasteiger partial charge in [-0.15, -0.1) is 0 Å². The van der Waals surface area contributed by atoms with Crippen molar-refractivity contribution in [2.24, 2.45) is 0 Å². The fraction of sp³-hybridized carbons (Fsp3) is 0.400. The molecule has 70 valence electrons. The predicted octanol–water partition coefficient (Wildman–Crippen LogP) is 1.34. The maximum Gasteiger partial charge on any atom is 0.121 e. The van der Waals surface area contributed by atoms with Gasteiger partial charge in [0.15, 0.2) is 0 Å². The van der Waals surface area contributed by atoms with E-state index in [1.54, 1.807) is 12.1 Å². The normalized spacial score (nSPS) is 26.9. The highest BCUT2D eigenvalue weighted by molar-refractivity contribution is 5.41. The van der Waals surface area contributed by atoms with E-state index in [-0.39, 0.29) is 11.9 Å². The zero-order valence-corrected chi connectivity index (χ0v) is 7.40. The first-order valence-corrected chi connectivity index (χ1v) is 4.30. The van der Waals surface area contributed by atoms with Gasteiger partial charge in [-0.2, -0.15) is 0 Å². The number of hydrogen-bond donors (Lipinski definition) is 2. The summed E-state index contributed by atoms with van der Waals surface area (Å²) in [5.74, 6) is 0.198. The Morgan fingerprint density at radius 1 is 1.46 bits per heavy atom. The summed E-state index contributed by atoms with van der Waals surface area (Å²) in [6, 6.07) is 5.15. The van der Waals surface area contributed by atoms with Crippen LogP contribution in [-0.2, 0) is 11.3 Å². The molecule has 0 saturated carbocycles. The first kappa shape index (κ1) is 8.53. The van der Waals surface area contributed by atoms with Crippen molar-refractivity contribution in [3.8, 4) is 5.75 Å². The van der Waals surface area contributed by atoms with Crippen LogP contribution in [0.25, 0.3) is 0 Å². The van der Waals surface area contributed by atoms with Crippen molar-refractivity contribution >= 4 is 0 Å². The van der Waals surface area contributed by atoms with Crippen molar-refractivity contribution in [3.63, 3.8) is 0 Å². The van der Waals surface area contributed by atoms with Crippen LogP contribution in [0.4, 0.5) is 0 Å². The van der Waals surface area contributed by atoms with Crippen LogP contribution in [0.5, 0.6) is 5.75 Å². The van der Waals surface area contributed by atoms with Crippen LogP contribution in [0.3, 0.4) is 0 Å². The second kappa shape index (κ2) is 3.01. The number of phenolic OH excluding ortho intramolecular Hbond substituents is 1. The number of aliphatic hydroxyl groups excluding tert-OH is 1. The maximum atomic E-state index is 9.72. The molecule has 1 aliphatic rings. The average molecular weight is 180 g/mol. The Morgan fingerprint density at radius 3 is 3.00 bits per heavy atom. The zero-order valence-electron chi connectivity index (χ0n) is 7.40. The quantitative estimate of drug-likeness (QED) is 0.633. The van der Waals surface area contributed by atoms with E-state index in [4.69, 9.17) is 4.74 Å². The third-order valence-corrected chi connectivity index (χ3v) is 2.44. The number of ether oxygens (including phenoxy) is 1. The molecule has 1 heterocycles. The second-order valence-electron chi connectivity index (χ2n) is 3.31. The van der Waals surface area contributed by atoms with Crippen LogP contribution in [0.15, 0.2) is 18.2 Å². The summed E-state index contributed by atoms with van der Waals surface area (Å²) in [6.07, 6.45) is -0.829. The number of aliphatic hydroxyl groups is 1. The highest BCUT2D eigenvalue weighted by Gasteiger charge is 2.26. The summed E-state index contributed by atoms with van der Waals surface area (Å²) in [5.41, 5.74) is 1.48. The third kappa shape index (κ3) is 1.30. The van der Waals surface area contributed by atoms with E-state index in [0.717, 1.165) is 5.56 Å². The molecule has 2 N–H and O–H groups in total. The fourth-order valence-corrected chi connectivity index (χ4v) is 1.59. The minimum Gasteiger partial charge on any atom is -0.508 e. The molecule has 1 aliphatic heterocycles. The van der Waals surface area contributed by atoms with E-state index in [2.05, 4.69) is 0 Å². The van der Waals surface area contributed by atoms with Gasteiger partial charge < -0.3 is 14.9 Å². The highest BCUT2D eigenvalue weighted by atomic mass is 16.5. The van der Waals surface area contributed by atoms with E-state index in [9.17, 15) is 10.2 Å². The van der Waals surface area contributed by atoms with Crippen molar-refractivity contribution in [2.45, 2.75) is 25.7 Å². The molecule has 3 heteroatoms. The largest absolute Gasteiger partial charge is 0.508 e. The van der Waals surface area contributed by atoms with Crippen molar-refractivity contribution in [2.75, 3.05) is 0 Å². The van der Waals surface area contributed by atoms with Gasteiger partial charge in [0.2, 0.25) is 0 Å². The molecule has 0 amide bonds. The predicted molar refractivity (Wildman–Crippen MR) is 47.3 cm³/mol. The third-order valence-electron chi connectivity index (χ3n) is 2.44. The van der Waals surface area contributed by atoms with Crippen molar-refractivity contribution in [3.05, 3.63) is 29.3 Å². The van der Waals surface area contributed by atoms with Gasteiger partial charge in [-0.1, -0.05) is 12.1 Å². The van der Waals surface area contributed by atoms with E-state index < -0.39 is 6.10 Å². The lowest BCUT2D eigenvalue weighted by Crippen LogP contribution is -2.24. The number of rotatable bonds is 0. The maximum absolute atomic E-state index is 9.72. The topological polar surface area (TPSA) is 49.7 Å². The van der Waals surface area contributed by atoms with Crippen LogP contribution >= 0.6 is 0 Å². The number of fused-ring (bicyclic) bond motifs is 1. The smallest absolute Gasteiger partial charge is 0.121 e. The molecular weight excluding hydrogens is 168 g/mol. The Bertz CT molecular complexity index is 322. The van der Waals surface area contributed by atoms with Crippen LogP contribution in [0.1, 0.15) is 24.2 Å². The van der Waals surface area contributed by atoms with Gasteiger partial charge in [0.1, 0.15) is 11.9 Å². The van der Waals surface area contributed by atoms with Crippen LogP contribution in [-0.4, -0.2) is 16.3 Å². The van der Waals surface area contributed by atoms with Crippen LogP contribution < -0.4 is 0 Å². The van der Waals surface area contributed by atoms with Gasteiger partial charge in [0.05, 0.1) is 12.7 Å². The molecule has 0 radical (unpaired) electrons. The average Bonchev–Trinajstić information content (AvgIpc) is 2.12. The Hall–Kier alpha value is -1.06. The van der Waals surface area contributed by atoms with E-state index in [0.29, 0.717) is 12.2 Å². The molecule has 0 bridgehead atoms. The standard InChI is InChI=1S/C10H12O3/c1-6-10(12)7-3-2-4-9(11)8(7)5-13-6/h2-4,6,10-12H,5H2,1H3. The Morgan fingerprint density at radius 2 is 2.23 bits per heavy atom. The van der Waals surface area contributed by atoms with Gasteiger partial charge in [-0.3, -0.25) is 0 Å². The molecule has 1 aromatic rings. The summed E-state index contributed by atoms with van der Waals surface area (Å²) in [6.45, 7) is 2.19. The molecule has 1 aromatic carbocycles. The minimum atomic E-state index is -0.629. The number of phenols is 1. The Labute approximate surface area is 76.6 Å². The summed E-state index contributed by atoms with van der Waals surface area (Å²) >= 11 is 0. The molecule has 13 heavy (non-hydrogen) atoms. The second-order valence-corrected chi connectivity index (χ2v) is 3.31. The van der Waals surface area contributed by atoms with Crippen LogP contribution in [0.2, 0.25) is 0 Å². The number of hydrogen-bond acceptors (Lipinski definition) is 3. The van der Waals surface area contributed by atoms with E-state index >= 15 is 0 Å². The van der Waals surface area contributed by atoms with Gasteiger partial charge in [-0.05, 0) is 18.6 Å². The van der Waals surface area contributed by atoms with E-state index in [1.807, 2.05) is 13.0 Å². The van der Waals surface area contributed by atoms with Crippen molar-refractivity contribution in [1.29, 1.82) is 0 Å². The minimum absolute atomic E-state index is 0.198. The molecule has 0 aliphatic carbocycles. The molecule has 0 saturated heterocycles. The molecule has 2 rings (SSSR count). The first-order valence-electron chi connectivity index (χ1n) is 4.30. The van der Waals surface area contributed by atoms with Gasteiger partial charge in [0, 0.05) is 5.56 Å². The molecule has 3 nitrogen and oxygen atoms in total. The summed E-state index contributed by atoms with van der Waals surface area (Å²) in [5, 5.41) is 19.2. The van der Waals surface area contributed by atoms with Crippen LogP contribution in [0, 0.1) is 0 Å². The zero-order chi connectivity index (χ0) is 9.42. The summed E-state index contributed by atoms with van der Waals surface area (Å²) in [4.78, 5) is 0. The first-order chi connectivity index (χ1) is 6.20. The fourth-order valence-electron chi connectivity index (χ4n) is 1.59. The summed E-state index contributed by atoms with van der Waals surface area (Å²) in [7, 11) is 0. The lowest BCUT2D eigenvalue weighted by Gasteiger charge is -2.28. The van der Waals surface area contributed by atoms with Gasteiger partial charge in [0.25, 0.3) is 0 Å². The van der Waals surface area contributed by atoms with Gasteiger partial charge >= 0.3 is 0 Å². The van der Waals surface area contributed by atoms with Gasteiger partial charge in [-0.25, -0.2) is 0 Å². The monoisotopic (exact) mass is 180 g/mol. The van der Waals surface area contributed by atoms with E-state index in [1.165, 1.54) is 0 Å². The molecule has 2 unspecified atom stereocenters. The molecular formula is C10H12O3. The molecule has 0 spiro atoms. The Balaban J connectivity index is 2.49. The molecule has 2 atom stereocenters. The highest BCUT2D eigenvalue weighted by Crippen LogP contribution is 2.33. The SMILES string of the molecule is CC1OCc2c(O)cccc2C1O. The van der Waals surface area contributed by atoms with Crippen molar-refractivity contribution < 1.29 is 14.9 Å². The lowest BCUT2D eigenvalue weighted by molar-refractivity contribution is -0.0532. The Kier molecular flexibility index (Phi) is 1.98. The molecule has 0 aromatic heterocycles. The number of aromatic hydroxyl groups is 1. The molecule has 0 fully saturated rings.